The standard InChI is InChI=1S/C21H23N5O/c27-21(18-8-9-20(23-14-18)26-13-10-22-16-26)24-15-19(25-11-4-5-12-25)17-6-2-1-3-7-17/h1-3,6-10,13-14,16,19H,4-5,11-12,15H2,(H,24,27). The summed E-state index contributed by atoms with van der Waals surface area (Å²) in [6, 6.07) is 14.2. The first-order valence-corrected chi connectivity index (χ1v) is 9.33. The molecule has 0 radical (unpaired) electrons. The topological polar surface area (TPSA) is 63.1 Å². The second-order valence-electron chi connectivity index (χ2n) is 6.75. The van der Waals surface area contributed by atoms with Gasteiger partial charge in [0.05, 0.1) is 11.6 Å². The number of amides is 1. The number of likely N-dealkylation sites (tertiary alicyclic amines) is 1. The molecule has 6 heteroatoms. The predicted octanol–water partition coefficient (Wildman–Crippen LogP) is 2.83. The highest BCUT2D eigenvalue weighted by Crippen LogP contribution is 2.24. The first-order chi connectivity index (χ1) is 13.3. The fourth-order valence-corrected chi connectivity index (χ4v) is 3.55. The molecule has 4 rings (SSSR count). The zero-order chi connectivity index (χ0) is 18.5. The highest BCUT2D eigenvalue weighted by molar-refractivity contribution is 5.93. The molecule has 6 nitrogen and oxygen atoms in total. The Morgan fingerprint density at radius 3 is 2.59 bits per heavy atom. The van der Waals surface area contributed by atoms with Crippen molar-refractivity contribution in [2.24, 2.45) is 0 Å². The molecule has 0 spiro atoms. The molecule has 2 aromatic heterocycles. The summed E-state index contributed by atoms with van der Waals surface area (Å²) in [6.45, 7) is 2.75. The fourth-order valence-electron chi connectivity index (χ4n) is 3.55. The van der Waals surface area contributed by atoms with E-state index in [1.807, 2.05) is 18.3 Å². The van der Waals surface area contributed by atoms with Crippen LogP contribution >= 0.6 is 0 Å². The smallest absolute Gasteiger partial charge is 0.252 e. The molecule has 1 N–H and O–H groups in total. The lowest BCUT2D eigenvalue weighted by Crippen LogP contribution is -2.36. The number of nitrogens with zero attached hydrogens (tertiary/aromatic N) is 4. The van der Waals surface area contributed by atoms with Gasteiger partial charge < -0.3 is 5.32 Å². The first-order valence-electron chi connectivity index (χ1n) is 9.33. The third-order valence-electron chi connectivity index (χ3n) is 5.00. The van der Waals surface area contributed by atoms with Crippen LogP contribution in [-0.4, -0.2) is 45.0 Å². The highest BCUT2D eigenvalue weighted by Gasteiger charge is 2.24. The van der Waals surface area contributed by atoms with Crippen LogP contribution in [0.3, 0.4) is 0 Å². The van der Waals surface area contributed by atoms with Gasteiger partial charge in [-0.05, 0) is 43.6 Å². The van der Waals surface area contributed by atoms with Crippen LogP contribution in [0.25, 0.3) is 5.82 Å². The van der Waals surface area contributed by atoms with Crippen molar-refractivity contribution in [2.45, 2.75) is 18.9 Å². The summed E-state index contributed by atoms with van der Waals surface area (Å²) in [4.78, 5) is 23.4. The average Bonchev–Trinajstić information content (AvgIpc) is 3.43. The minimum absolute atomic E-state index is 0.0974. The number of imidazole rings is 1. The third kappa shape index (κ3) is 4.06. The molecule has 0 bridgehead atoms. The summed E-state index contributed by atoms with van der Waals surface area (Å²) in [7, 11) is 0. The molecule has 3 heterocycles. The zero-order valence-electron chi connectivity index (χ0n) is 15.2. The van der Waals surface area contributed by atoms with Gasteiger partial charge in [0.1, 0.15) is 12.1 Å². The Kier molecular flexibility index (Phi) is 5.25. The van der Waals surface area contributed by atoms with Gasteiger partial charge in [0, 0.05) is 25.1 Å². The van der Waals surface area contributed by atoms with Gasteiger partial charge in [-0.2, -0.15) is 0 Å². The summed E-state index contributed by atoms with van der Waals surface area (Å²) in [5.74, 6) is 0.642. The van der Waals surface area contributed by atoms with Crippen LogP contribution in [0, 0.1) is 0 Å². The van der Waals surface area contributed by atoms with Crippen molar-refractivity contribution in [2.75, 3.05) is 19.6 Å². The van der Waals surface area contributed by atoms with Crippen LogP contribution in [0.5, 0.6) is 0 Å². The van der Waals surface area contributed by atoms with Gasteiger partial charge >= 0.3 is 0 Å². The molecule has 0 aliphatic carbocycles. The van der Waals surface area contributed by atoms with Crippen molar-refractivity contribution in [1.82, 2.24) is 24.8 Å². The van der Waals surface area contributed by atoms with Gasteiger partial charge in [0.15, 0.2) is 0 Å². The minimum Gasteiger partial charge on any atom is -0.350 e. The third-order valence-corrected chi connectivity index (χ3v) is 5.00. The molecule has 27 heavy (non-hydrogen) atoms. The van der Waals surface area contributed by atoms with Crippen LogP contribution in [0.15, 0.2) is 67.4 Å². The van der Waals surface area contributed by atoms with Crippen molar-refractivity contribution < 1.29 is 4.79 Å². The number of hydrogen-bond acceptors (Lipinski definition) is 4. The van der Waals surface area contributed by atoms with E-state index in [9.17, 15) is 4.79 Å². The molecule has 3 aromatic rings. The average molecular weight is 361 g/mol. The van der Waals surface area contributed by atoms with E-state index in [1.54, 1.807) is 29.4 Å². The Bertz CT molecular complexity index is 855. The monoisotopic (exact) mass is 361 g/mol. The van der Waals surface area contributed by atoms with E-state index in [0.717, 1.165) is 18.9 Å². The van der Waals surface area contributed by atoms with E-state index in [0.29, 0.717) is 12.1 Å². The summed E-state index contributed by atoms with van der Waals surface area (Å²) in [5, 5.41) is 3.09. The van der Waals surface area contributed by atoms with Gasteiger partial charge in [-0.3, -0.25) is 14.3 Å². The molecule has 0 saturated carbocycles. The molecule has 1 atom stereocenters. The minimum atomic E-state index is -0.0974. The highest BCUT2D eigenvalue weighted by atomic mass is 16.1. The number of carbonyl (C=O) groups is 1. The molecule has 1 aliphatic heterocycles. The predicted molar refractivity (Wildman–Crippen MR) is 104 cm³/mol. The second kappa shape index (κ2) is 8.14. The lowest BCUT2D eigenvalue weighted by Gasteiger charge is -2.28. The molecule has 1 fully saturated rings. The van der Waals surface area contributed by atoms with Gasteiger partial charge in [-0.15, -0.1) is 0 Å². The lowest BCUT2D eigenvalue weighted by molar-refractivity contribution is 0.0937. The molecule has 1 aliphatic rings. The maximum Gasteiger partial charge on any atom is 0.252 e. The molecule has 1 aromatic carbocycles. The van der Waals surface area contributed by atoms with Crippen molar-refractivity contribution in [3.63, 3.8) is 0 Å². The molecular formula is C21H23N5O. The number of rotatable bonds is 6. The maximum absolute atomic E-state index is 12.6. The fraction of sp³-hybridized carbons (Fsp3) is 0.286. The second-order valence-corrected chi connectivity index (χ2v) is 6.75. The normalized spacial score (nSPS) is 15.6. The number of benzene rings is 1. The van der Waals surface area contributed by atoms with Gasteiger partial charge in [-0.25, -0.2) is 9.97 Å². The summed E-state index contributed by atoms with van der Waals surface area (Å²) < 4.78 is 1.81. The van der Waals surface area contributed by atoms with E-state index in [2.05, 4.69) is 44.5 Å². The van der Waals surface area contributed by atoms with Crippen molar-refractivity contribution >= 4 is 5.91 Å². The number of carbonyl (C=O) groups excluding carboxylic acids is 1. The molecular weight excluding hydrogens is 338 g/mol. The van der Waals surface area contributed by atoms with Crippen LogP contribution in [0.2, 0.25) is 0 Å². The van der Waals surface area contributed by atoms with E-state index in [4.69, 9.17) is 0 Å². The number of nitrogens with one attached hydrogen (secondary N) is 1. The Balaban J connectivity index is 1.43. The van der Waals surface area contributed by atoms with Crippen LogP contribution in [0.4, 0.5) is 0 Å². The summed E-state index contributed by atoms with van der Waals surface area (Å²) in [6.07, 6.45) is 9.25. The van der Waals surface area contributed by atoms with E-state index in [-0.39, 0.29) is 11.9 Å². The van der Waals surface area contributed by atoms with Crippen LogP contribution in [-0.2, 0) is 0 Å². The summed E-state index contributed by atoms with van der Waals surface area (Å²) in [5.41, 5.74) is 1.81. The van der Waals surface area contributed by atoms with Gasteiger partial charge in [0.25, 0.3) is 5.91 Å². The lowest BCUT2D eigenvalue weighted by atomic mass is 10.1. The molecule has 138 valence electrons. The van der Waals surface area contributed by atoms with Gasteiger partial charge in [0.2, 0.25) is 0 Å². The number of hydrogen-bond donors (Lipinski definition) is 1. The largest absolute Gasteiger partial charge is 0.350 e. The van der Waals surface area contributed by atoms with Gasteiger partial charge in [-0.1, -0.05) is 30.3 Å². The van der Waals surface area contributed by atoms with Crippen molar-refractivity contribution in [3.05, 3.63) is 78.5 Å². The van der Waals surface area contributed by atoms with Crippen LogP contribution in [0.1, 0.15) is 34.8 Å². The Morgan fingerprint density at radius 1 is 1.11 bits per heavy atom. The molecule has 1 saturated heterocycles. The van der Waals surface area contributed by atoms with Crippen molar-refractivity contribution in [1.29, 1.82) is 0 Å². The summed E-state index contributed by atoms with van der Waals surface area (Å²) >= 11 is 0. The Hall–Kier alpha value is -2.99. The van der Waals surface area contributed by atoms with Crippen LogP contribution < -0.4 is 5.32 Å². The SMILES string of the molecule is O=C(NCC(c1ccccc1)N1CCCC1)c1ccc(-n2ccnc2)nc1. The van der Waals surface area contributed by atoms with E-state index < -0.39 is 0 Å². The Labute approximate surface area is 158 Å². The number of pyridine rings is 1. The molecule has 1 amide bonds. The van der Waals surface area contributed by atoms with Crippen molar-refractivity contribution in [3.8, 4) is 5.82 Å². The first kappa shape index (κ1) is 17.4. The quantitative estimate of drug-likeness (QED) is 0.733. The van der Waals surface area contributed by atoms with E-state index in [1.165, 1.54) is 18.4 Å². The maximum atomic E-state index is 12.6. The zero-order valence-corrected chi connectivity index (χ0v) is 15.2. The Morgan fingerprint density at radius 2 is 1.93 bits per heavy atom. The number of aromatic nitrogens is 3. The molecule has 1 unspecified atom stereocenters. The van der Waals surface area contributed by atoms with E-state index >= 15 is 0 Å².